The molecule has 2 aromatic rings. The lowest BCUT2D eigenvalue weighted by Crippen LogP contribution is -1.91. The molecule has 0 radical (unpaired) electrons. The molecule has 0 amide bonds. The summed E-state index contributed by atoms with van der Waals surface area (Å²) in [5, 5.41) is 10.2. The summed E-state index contributed by atoms with van der Waals surface area (Å²) in [5.74, 6) is 0.662. The minimum absolute atomic E-state index is 0.0777. The van der Waals surface area contributed by atoms with Gasteiger partial charge in [-0.05, 0) is 24.3 Å². The van der Waals surface area contributed by atoms with Crippen LogP contribution in [0.25, 0.3) is 11.3 Å². The SMILES string of the molecule is COc1cccc(Cl)c1-c1ncccc1O. The monoisotopic (exact) mass is 235 g/mol. The molecule has 82 valence electrons. The Morgan fingerprint density at radius 3 is 2.75 bits per heavy atom. The highest BCUT2D eigenvalue weighted by atomic mass is 35.5. The molecule has 0 unspecified atom stereocenters. The van der Waals surface area contributed by atoms with Gasteiger partial charge >= 0.3 is 0 Å². The van der Waals surface area contributed by atoms with E-state index in [0.29, 0.717) is 22.0 Å². The van der Waals surface area contributed by atoms with Gasteiger partial charge in [0.15, 0.2) is 0 Å². The molecule has 3 nitrogen and oxygen atoms in total. The first-order chi connectivity index (χ1) is 7.74. The topological polar surface area (TPSA) is 42.4 Å². The van der Waals surface area contributed by atoms with E-state index >= 15 is 0 Å². The maximum Gasteiger partial charge on any atom is 0.142 e. The number of pyridine rings is 1. The molecule has 2 rings (SSSR count). The van der Waals surface area contributed by atoms with Gasteiger partial charge in [0.05, 0.1) is 17.7 Å². The van der Waals surface area contributed by atoms with Gasteiger partial charge in [0, 0.05) is 6.20 Å². The van der Waals surface area contributed by atoms with Crippen molar-refractivity contribution in [2.45, 2.75) is 0 Å². The third-order valence-corrected chi connectivity index (χ3v) is 2.53. The lowest BCUT2D eigenvalue weighted by Gasteiger charge is -2.10. The number of aromatic hydroxyl groups is 1. The van der Waals surface area contributed by atoms with Crippen LogP contribution < -0.4 is 4.74 Å². The summed E-state index contributed by atoms with van der Waals surface area (Å²) in [6.07, 6.45) is 1.60. The largest absolute Gasteiger partial charge is 0.506 e. The van der Waals surface area contributed by atoms with Crippen molar-refractivity contribution in [1.82, 2.24) is 4.98 Å². The second-order valence-electron chi connectivity index (χ2n) is 3.19. The molecule has 0 aliphatic heterocycles. The molecule has 0 aliphatic rings. The number of rotatable bonds is 2. The fourth-order valence-corrected chi connectivity index (χ4v) is 1.75. The van der Waals surface area contributed by atoms with E-state index in [4.69, 9.17) is 16.3 Å². The highest BCUT2D eigenvalue weighted by molar-refractivity contribution is 6.33. The van der Waals surface area contributed by atoms with Gasteiger partial charge in [0.25, 0.3) is 0 Å². The first-order valence-electron chi connectivity index (χ1n) is 4.71. The summed E-state index contributed by atoms with van der Waals surface area (Å²) in [4.78, 5) is 4.10. The van der Waals surface area contributed by atoms with Gasteiger partial charge in [-0.25, -0.2) is 0 Å². The Kier molecular flexibility index (Phi) is 2.97. The van der Waals surface area contributed by atoms with Crippen LogP contribution in [-0.2, 0) is 0 Å². The van der Waals surface area contributed by atoms with Crippen LogP contribution >= 0.6 is 11.6 Å². The van der Waals surface area contributed by atoms with Crippen LogP contribution in [0.5, 0.6) is 11.5 Å². The van der Waals surface area contributed by atoms with Crippen LogP contribution in [-0.4, -0.2) is 17.2 Å². The van der Waals surface area contributed by atoms with E-state index in [2.05, 4.69) is 4.98 Å². The molecule has 0 bridgehead atoms. The standard InChI is InChI=1S/C12H10ClNO2/c1-16-10-6-2-4-8(13)11(10)12-9(15)5-3-7-14-12/h2-7,15H,1H3. The summed E-state index contributed by atoms with van der Waals surface area (Å²) in [6.45, 7) is 0. The van der Waals surface area contributed by atoms with E-state index in [0.717, 1.165) is 0 Å². The Bertz CT molecular complexity index is 514. The van der Waals surface area contributed by atoms with E-state index in [1.54, 1.807) is 43.6 Å². The van der Waals surface area contributed by atoms with Crippen LogP contribution in [0, 0.1) is 0 Å². The summed E-state index contributed by atoms with van der Waals surface area (Å²) in [7, 11) is 1.55. The Balaban J connectivity index is 2.68. The van der Waals surface area contributed by atoms with Crippen LogP contribution in [0.1, 0.15) is 0 Å². The van der Waals surface area contributed by atoms with Gasteiger partial charge < -0.3 is 9.84 Å². The van der Waals surface area contributed by atoms with Crippen LogP contribution in [0.2, 0.25) is 5.02 Å². The fourth-order valence-electron chi connectivity index (χ4n) is 1.49. The third kappa shape index (κ3) is 1.82. The third-order valence-electron chi connectivity index (χ3n) is 2.22. The minimum Gasteiger partial charge on any atom is -0.506 e. The summed E-state index contributed by atoms with van der Waals surface area (Å²) in [5.41, 5.74) is 1.02. The van der Waals surface area contributed by atoms with Crippen molar-refractivity contribution in [3.63, 3.8) is 0 Å². The molecule has 0 saturated carbocycles. The van der Waals surface area contributed by atoms with Crippen molar-refractivity contribution in [2.24, 2.45) is 0 Å². The highest BCUT2D eigenvalue weighted by Crippen LogP contribution is 2.38. The predicted octanol–water partition coefficient (Wildman–Crippen LogP) is 3.12. The molecular formula is C12H10ClNO2. The van der Waals surface area contributed by atoms with Crippen molar-refractivity contribution in [3.05, 3.63) is 41.6 Å². The fraction of sp³-hybridized carbons (Fsp3) is 0.0833. The van der Waals surface area contributed by atoms with E-state index in [9.17, 15) is 5.11 Å². The summed E-state index contributed by atoms with van der Waals surface area (Å²) < 4.78 is 5.20. The average molecular weight is 236 g/mol. The first kappa shape index (κ1) is 10.8. The molecule has 0 atom stereocenters. The molecule has 1 aromatic heterocycles. The highest BCUT2D eigenvalue weighted by Gasteiger charge is 2.14. The van der Waals surface area contributed by atoms with Crippen LogP contribution in [0.4, 0.5) is 0 Å². The number of aromatic nitrogens is 1. The lowest BCUT2D eigenvalue weighted by atomic mass is 10.1. The zero-order valence-electron chi connectivity index (χ0n) is 8.64. The van der Waals surface area contributed by atoms with Crippen molar-refractivity contribution in [1.29, 1.82) is 0 Å². The maximum absolute atomic E-state index is 9.73. The van der Waals surface area contributed by atoms with Crippen molar-refractivity contribution in [2.75, 3.05) is 7.11 Å². The number of hydrogen-bond acceptors (Lipinski definition) is 3. The number of methoxy groups -OCH3 is 1. The lowest BCUT2D eigenvalue weighted by molar-refractivity contribution is 0.415. The van der Waals surface area contributed by atoms with Gasteiger partial charge in [0.2, 0.25) is 0 Å². The molecular weight excluding hydrogens is 226 g/mol. The maximum atomic E-state index is 9.73. The van der Waals surface area contributed by atoms with Crippen LogP contribution in [0.3, 0.4) is 0 Å². The van der Waals surface area contributed by atoms with Gasteiger partial charge in [-0.15, -0.1) is 0 Å². The van der Waals surface area contributed by atoms with E-state index in [1.807, 2.05) is 0 Å². The zero-order valence-corrected chi connectivity index (χ0v) is 9.40. The van der Waals surface area contributed by atoms with E-state index in [1.165, 1.54) is 0 Å². The van der Waals surface area contributed by atoms with E-state index in [-0.39, 0.29) is 5.75 Å². The quantitative estimate of drug-likeness (QED) is 0.870. The molecule has 1 N–H and O–H groups in total. The normalized spacial score (nSPS) is 10.1. The number of benzene rings is 1. The van der Waals surface area contributed by atoms with Gasteiger partial charge in [0.1, 0.15) is 17.2 Å². The molecule has 1 heterocycles. The van der Waals surface area contributed by atoms with Gasteiger partial charge in [-0.2, -0.15) is 0 Å². The molecule has 0 saturated heterocycles. The van der Waals surface area contributed by atoms with Gasteiger partial charge in [-0.3, -0.25) is 4.98 Å². The predicted molar refractivity (Wildman–Crippen MR) is 62.9 cm³/mol. The van der Waals surface area contributed by atoms with Crippen molar-refractivity contribution < 1.29 is 9.84 Å². The molecule has 0 aliphatic carbocycles. The average Bonchev–Trinajstić information content (AvgIpc) is 2.30. The number of nitrogens with zero attached hydrogens (tertiary/aromatic N) is 1. The molecule has 0 spiro atoms. The van der Waals surface area contributed by atoms with Gasteiger partial charge in [-0.1, -0.05) is 17.7 Å². The first-order valence-corrected chi connectivity index (χ1v) is 5.08. The van der Waals surface area contributed by atoms with Crippen molar-refractivity contribution >= 4 is 11.6 Å². The summed E-state index contributed by atoms with van der Waals surface area (Å²) in [6, 6.07) is 8.50. The molecule has 4 heteroatoms. The van der Waals surface area contributed by atoms with E-state index < -0.39 is 0 Å². The van der Waals surface area contributed by atoms with Crippen LogP contribution in [0.15, 0.2) is 36.5 Å². The molecule has 16 heavy (non-hydrogen) atoms. The Labute approximate surface area is 98.3 Å². The molecule has 1 aromatic carbocycles. The number of halogens is 1. The summed E-state index contributed by atoms with van der Waals surface area (Å²) >= 11 is 6.08. The number of ether oxygens (including phenoxy) is 1. The Hall–Kier alpha value is -1.74. The minimum atomic E-state index is 0.0777. The second kappa shape index (κ2) is 4.41. The zero-order chi connectivity index (χ0) is 11.5. The Morgan fingerprint density at radius 1 is 1.25 bits per heavy atom. The Morgan fingerprint density at radius 2 is 2.06 bits per heavy atom. The molecule has 0 fully saturated rings. The second-order valence-corrected chi connectivity index (χ2v) is 3.60. The number of hydrogen-bond donors (Lipinski definition) is 1. The smallest absolute Gasteiger partial charge is 0.142 e. The van der Waals surface area contributed by atoms with Crippen molar-refractivity contribution in [3.8, 4) is 22.8 Å².